The highest BCUT2D eigenvalue weighted by molar-refractivity contribution is 7.89. The minimum Gasteiger partial charge on any atom is -0.368 e. The molecule has 0 saturated carbocycles. The van der Waals surface area contributed by atoms with Gasteiger partial charge in [0.05, 0.1) is 4.90 Å². The van der Waals surface area contributed by atoms with Crippen LogP contribution in [0.1, 0.15) is 19.4 Å². The van der Waals surface area contributed by atoms with Crippen LogP contribution in [-0.4, -0.2) is 62.8 Å². The summed E-state index contributed by atoms with van der Waals surface area (Å²) in [5.41, 5.74) is 1.71. The molecule has 2 aromatic rings. The topological polar surface area (TPSA) is 60.9 Å². The zero-order valence-corrected chi connectivity index (χ0v) is 18.7. The summed E-state index contributed by atoms with van der Waals surface area (Å²) in [6, 6.07) is 12.9. The van der Waals surface area contributed by atoms with E-state index in [0.717, 1.165) is 11.3 Å². The predicted octanol–water partition coefficient (Wildman–Crippen LogP) is 3.22. The molecule has 0 spiro atoms. The van der Waals surface area contributed by atoms with Crippen LogP contribution in [0, 0.1) is 5.82 Å². The number of carbonyl (C=O) groups is 1. The number of halogens is 1. The van der Waals surface area contributed by atoms with Gasteiger partial charge in [-0.25, -0.2) is 12.8 Å². The smallest absolute Gasteiger partial charge is 0.246 e. The van der Waals surface area contributed by atoms with E-state index in [9.17, 15) is 17.6 Å². The van der Waals surface area contributed by atoms with E-state index in [2.05, 4.69) is 4.90 Å². The molecule has 6 nitrogen and oxygen atoms in total. The molecular formula is C23H28FN3O3S. The van der Waals surface area contributed by atoms with Crippen molar-refractivity contribution >= 4 is 27.7 Å². The monoisotopic (exact) mass is 445 g/mol. The molecule has 8 heteroatoms. The summed E-state index contributed by atoms with van der Waals surface area (Å²) in [6.07, 6.45) is 3.21. The number of amides is 1. The molecular weight excluding hydrogens is 417 g/mol. The number of carbonyl (C=O) groups excluding carboxylic acids is 1. The van der Waals surface area contributed by atoms with Crippen molar-refractivity contribution in [3.05, 3.63) is 66.0 Å². The summed E-state index contributed by atoms with van der Waals surface area (Å²) in [5, 5.41) is 0. The van der Waals surface area contributed by atoms with Gasteiger partial charge in [0.2, 0.25) is 15.9 Å². The van der Waals surface area contributed by atoms with Gasteiger partial charge in [-0.2, -0.15) is 4.31 Å². The second kappa shape index (κ2) is 10.1. The van der Waals surface area contributed by atoms with E-state index in [0.29, 0.717) is 39.3 Å². The quantitative estimate of drug-likeness (QED) is 0.614. The van der Waals surface area contributed by atoms with Crippen LogP contribution in [0.15, 0.2) is 59.5 Å². The van der Waals surface area contributed by atoms with Gasteiger partial charge in [-0.15, -0.1) is 0 Å². The van der Waals surface area contributed by atoms with Crippen molar-refractivity contribution in [3.8, 4) is 0 Å². The Bertz CT molecular complexity index is 1010. The average Bonchev–Trinajstić information content (AvgIpc) is 2.79. The molecule has 0 atom stereocenters. The van der Waals surface area contributed by atoms with Crippen LogP contribution in [0.2, 0.25) is 0 Å². The molecule has 0 N–H and O–H groups in total. The van der Waals surface area contributed by atoms with Crippen LogP contribution < -0.4 is 4.90 Å². The molecule has 1 fully saturated rings. The molecule has 1 amide bonds. The number of anilines is 1. The second-order valence-electron chi connectivity index (χ2n) is 7.28. The van der Waals surface area contributed by atoms with Crippen molar-refractivity contribution in [2.75, 3.05) is 44.2 Å². The largest absolute Gasteiger partial charge is 0.368 e. The molecule has 1 aliphatic heterocycles. The first-order valence-electron chi connectivity index (χ1n) is 10.4. The van der Waals surface area contributed by atoms with Crippen molar-refractivity contribution in [3.63, 3.8) is 0 Å². The van der Waals surface area contributed by atoms with E-state index in [1.807, 2.05) is 13.8 Å². The fourth-order valence-electron chi connectivity index (χ4n) is 3.57. The summed E-state index contributed by atoms with van der Waals surface area (Å²) >= 11 is 0. The number of piperazine rings is 1. The molecule has 1 heterocycles. The summed E-state index contributed by atoms with van der Waals surface area (Å²) in [4.78, 5) is 16.7. The van der Waals surface area contributed by atoms with Crippen LogP contribution in [0.3, 0.4) is 0 Å². The predicted molar refractivity (Wildman–Crippen MR) is 121 cm³/mol. The van der Waals surface area contributed by atoms with Crippen LogP contribution in [0.4, 0.5) is 10.1 Å². The molecule has 3 rings (SSSR count). The van der Waals surface area contributed by atoms with Gasteiger partial charge >= 0.3 is 0 Å². The first kappa shape index (κ1) is 23.0. The van der Waals surface area contributed by atoms with E-state index in [4.69, 9.17) is 0 Å². The molecule has 0 unspecified atom stereocenters. The van der Waals surface area contributed by atoms with Crippen LogP contribution in [0.5, 0.6) is 0 Å². The molecule has 31 heavy (non-hydrogen) atoms. The summed E-state index contributed by atoms with van der Waals surface area (Å²) < 4.78 is 39.6. The highest BCUT2D eigenvalue weighted by Gasteiger charge is 2.21. The minimum absolute atomic E-state index is 0.0846. The van der Waals surface area contributed by atoms with E-state index in [1.165, 1.54) is 22.5 Å². The highest BCUT2D eigenvalue weighted by Crippen LogP contribution is 2.18. The van der Waals surface area contributed by atoms with Gasteiger partial charge in [-0.1, -0.05) is 26.0 Å². The molecule has 0 aromatic heterocycles. The van der Waals surface area contributed by atoms with Crippen molar-refractivity contribution in [1.82, 2.24) is 9.21 Å². The van der Waals surface area contributed by atoms with Crippen molar-refractivity contribution in [2.45, 2.75) is 18.7 Å². The maximum atomic E-state index is 13.1. The van der Waals surface area contributed by atoms with E-state index in [-0.39, 0.29) is 16.6 Å². The van der Waals surface area contributed by atoms with Crippen molar-refractivity contribution in [2.24, 2.45) is 0 Å². The average molecular weight is 446 g/mol. The Morgan fingerprint density at radius 2 is 1.55 bits per heavy atom. The maximum Gasteiger partial charge on any atom is 0.246 e. The Kier molecular flexibility index (Phi) is 7.46. The normalized spacial score (nSPS) is 15.1. The highest BCUT2D eigenvalue weighted by atomic mass is 32.2. The van der Waals surface area contributed by atoms with E-state index in [1.54, 1.807) is 47.4 Å². The van der Waals surface area contributed by atoms with Gasteiger partial charge in [0, 0.05) is 51.0 Å². The Morgan fingerprint density at radius 1 is 0.968 bits per heavy atom. The Hall–Kier alpha value is -2.71. The number of benzene rings is 2. The number of hydrogen-bond acceptors (Lipinski definition) is 4. The van der Waals surface area contributed by atoms with Crippen LogP contribution in [0.25, 0.3) is 6.08 Å². The zero-order chi connectivity index (χ0) is 22.4. The fourth-order valence-corrected chi connectivity index (χ4v) is 5.03. The third kappa shape index (κ3) is 5.51. The Balaban J connectivity index is 1.57. The summed E-state index contributed by atoms with van der Waals surface area (Å²) in [6.45, 7) is 6.99. The standard InChI is InChI=1S/C23H28FN3O3S/c1-3-27(4-2)31(29,30)22-12-5-19(6-13-22)7-14-23(28)26-17-15-25(16-18-26)21-10-8-20(24)9-11-21/h5-14H,3-4,15-18H2,1-2H3/b14-7+. The number of rotatable bonds is 7. The van der Waals surface area contributed by atoms with Gasteiger partial charge in [0.25, 0.3) is 0 Å². The Morgan fingerprint density at radius 3 is 2.10 bits per heavy atom. The van der Waals surface area contributed by atoms with Crippen LogP contribution in [-0.2, 0) is 14.8 Å². The summed E-state index contributed by atoms with van der Waals surface area (Å²) in [5.74, 6) is -0.347. The van der Waals surface area contributed by atoms with Gasteiger partial charge in [-0.3, -0.25) is 4.79 Å². The van der Waals surface area contributed by atoms with E-state index >= 15 is 0 Å². The second-order valence-corrected chi connectivity index (χ2v) is 9.22. The number of hydrogen-bond donors (Lipinski definition) is 0. The van der Waals surface area contributed by atoms with Crippen molar-refractivity contribution in [1.29, 1.82) is 0 Å². The van der Waals surface area contributed by atoms with E-state index < -0.39 is 10.0 Å². The van der Waals surface area contributed by atoms with Crippen molar-refractivity contribution < 1.29 is 17.6 Å². The fraction of sp³-hybridized carbons (Fsp3) is 0.348. The van der Waals surface area contributed by atoms with Crippen LogP contribution >= 0.6 is 0 Å². The SMILES string of the molecule is CCN(CC)S(=O)(=O)c1ccc(/C=C/C(=O)N2CCN(c3ccc(F)cc3)CC2)cc1. The summed E-state index contributed by atoms with van der Waals surface area (Å²) in [7, 11) is -3.49. The molecule has 2 aromatic carbocycles. The third-order valence-corrected chi connectivity index (χ3v) is 7.49. The lowest BCUT2D eigenvalue weighted by molar-refractivity contribution is -0.126. The first-order valence-corrected chi connectivity index (χ1v) is 11.9. The molecule has 0 aliphatic carbocycles. The molecule has 1 aliphatic rings. The first-order chi connectivity index (χ1) is 14.8. The third-order valence-electron chi connectivity index (χ3n) is 5.42. The minimum atomic E-state index is -3.49. The maximum absolute atomic E-state index is 13.1. The van der Waals surface area contributed by atoms with Gasteiger partial charge in [0.15, 0.2) is 0 Å². The van der Waals surface area contributed by atoms with Gasteiger partial charge < -0.3 is 9.80 Å². The number of nitrogens with zero attached hydrogens (tertiary/aromatic N) is 3. The molecule has 166 valence electrons. The molecule has 0 radical (unpaired) electrons. The van der Waals surface area contributed by atoms with Gasteiger partial charge in [0.1, 0.15) is 5.82 Å². The molecule has 1 saturated heterocycles. The van der Waals surface area contributed by atoms with Gasteiger partial charge in [-0.05, 0) is 48.0 Å². The number of sulfonamides is 1. The lowest BCUT2D eigenvalue weighted by Gasteiger charge is -2.35. The lowest BCUT2D eigenvalue weighted by atomic mass is 10.2. The zero-order valence-electron chi connectivity index (χ0n) is 17.9. The molecule has 0 bridgehead atoms. The Labute approximate surface area is 183 Å². The lowest BCUT2D eigenvalue weighted by Crippen LogP contribution is -2.48.